The van der Waals surface area contributed by atoms with Crippen LogP contribution in [0, 0.1) is 11.3 Å². The smallest absolute Gasteiger partial charge is 0.412 e. The highest BCUT2D eigenvalue weighted by molar-refractivity contribution is 7.91. The van der Waals surface area contributed by atoms with Gasteiger partial charge in [0.1, 0.15) is 22.8 Å². The molecule has 1 saturated heterocycles. The average molecular weight is 506 g/mol. The Kier molecular flexibility index (Phi) is 6.62. The lowest BCUT2D eigenvalue weighted by Gasteiger charge is -2.31. The first-order valence-electron chi connectivity index (χ1n) is 12.5. The molecule has 2 fully saturated rings. The van der Waals surface area contributed by atoms with Gasteiger partial charge in [-0.15, -0.1) is 0 Å². The standard InChI is InChI=1S/C28H32N4O3S/c1-28(2,3)35-27(33)30-20-9-7-19(8-10-20)26-24(18-29)23-12-11-22(31-13-15-36(34)16-14-31)17-25(23)32(26)21-5-4-6-21/h7-12,17,21,34H,4-6,13-16H2,1-3H3/p+1. The van der Waals surface area contributed by atoms with Crippen molar-refractivity contribution in [3.63, 3.8) is 0 Å². The van der Waals surface area contributed by atoms with Crippen LogP contribution in [-0.2, 0) is 15.9 Å². The number of hydrogen-bond donors (Lipinski definition) is 2. The van der Waals surface area contributed by atoms with E-state index in [0.717, 1.165) is 65.3 Å². The highest BCUT2D eigenvalue weighted by Gasteiger charge is 2.30. The molecule has 36 heavy (non-hydrogen) atoms. The van der Waals surface area contributed by atoms with Crippen molar-refractivity contribution in [2.24, 2.45) is 0 Å². The molecule has 8 heteroatoms. The van der Waals surface area contributed by atoms with Crippen molar-refractivity contribution in [1.29, 1.82) is 5.26 Å². The molecule has 0 atom stereocenters. The van der Waals surface area contributed by atoms with Gasteiger partial charge in [-0.25, -0.2) is 4.79 Å². The maximum atomic E-state index is 12.2. The summed E-state index contributed by atoms with van der Waals surface area (Å²) in [5, 5.41) is 14.0. The molecule has 3 aromatic rings. The Balaban J connectivity index is 1.52. The number of nitriles is 1. The maximum absolute atomic E-state index is 12.2. The molecule has 0 unspecified atom stereocenters. The van der Waals surface area contributed by atoms with E-state index in [1.807, 2.05) is 45.0 Å². The third-order valence-corrected chi connectivity index (χ3v) is 8.21. The topological polar surface area (TPSA) is 90.5 Å². The van der Waals surface area contributed by atoms with Gasteiger partial charge >= 0.3 is 6.09 Å². The molecule has 1 aliphatic carbocycles. The van der Waals surface area contributed by atoms with Gasteiger partial charge in [0.2, 0.25) is 0 Å². The second-order valence-corrected chi connectivity index (χ2v) is 12.3. The van der Waals surface area contributed by atoms with Gasteiger partial charge in [-0.1, -0.05) is 12.1 Å². The minimum atomic E-state index is -0.567. The van der Waals surface area contributed by atoms with Gasteiger partial charge in [0.15, 0.2) is 11.5 Å². The number of hydrogen-bond acceptors (Lipinski definition) is 5. The van der Waals surface area contributed by atoms with Crippen molar-refractivity contribution in [3.8, 4) is 17.3 Å². The summed E-state index contributed by atoms with van der Waals surface area (Å²) in [6, 6.07) is 16.9. The maximum Gasteiger partial charge on any atom is 0.412 e. The highest BCUT2D eigenvalue weighted by atomic mass is 32.2. The van der Waals surface area contributed by atoms with Gasteiger partial charge in [-0.3, -0.25) is 5.32 Å². The molecule has 1 amide bonds. The zero-order valence-electron chi connectivity index (χ0n) is 21.1. The number of nitrogens with one attached hydrogen (secondary N) is 1. The van der Waals surface area contributed by atoms with Gasteiger partial charge in [-0.05, 0) is 75.9 Å². The van der Waals surface area contributed by atoms with Crippen molar-refractivity contribution in [2.75, 3.05) is 34.8 Å². The molecular formula is C28H33N4O3S+. The Hall–Kier alpha value is -3.15. The molecule has 0 radical (unpaired) electrons. The minimum absolute atomic E-state index is 0.365. The van der Waals surface area contributed by atoms with Crippen LogP contribution >= 0.6 is 0 Å². The number of anilines is 2. The third-order valence-electron chi connectivity index (χ3n) is 6.90. The van der Waals surface area contributed by atoms with Gasteiger partial charge in [0.05, 0.1) is 29.9 Å². The van der Waals surface area contributed by atoms with Crippen LogP contribution < -0.4 is 10.2 Å². The van der Waals surface area contributed by atoms with Crippen LogP contribution in [0.1, 0.15) is 51.6 Å². The van der Waals surface area contributed by atoms with Crippen LogP contribution in [0.25, 0.3) is 22.2 Å². The Bertz CT molecular complexity index is 1310. The Labute approximate surface area is 215 Å². The molecule has 1 aromatic heterocycles. The molecule has 188 valence electrons. The number of fused-ring (bicyclic) bond motifs is 1. The van der Waals surface area contributed by atoms with Gasteiger partial charge in [-0.2, -0.15) is 9.81 Å². The molecular weight excluding hydrogens is 472 g/mol. The molecule has 1 aliphatic heterocycles. The predicted octanol–water partition coefficient (Wildman–Crippen LogP) is 6.16. The monoisotopic (exact) mass is 505 g/mol. The van der Waals surface area contributed by atoms with Gasteiger partial charge in [0, 0.05) is 22.8 Å². The normalized spacial score (nSPS) is 17.0. The second kappa shape index (κ2) is 9.72. The SMILES string of the molecule is CC(C)(C)OC(=O)Nc1ccc(-c2c(C#N)c3ccc(N4CC[S+](O)CC4)cc3n2C2CCC2)cc1. The molecule has 1 saturated carbocycles. The molecule has 5 rings (SSSR count). The van der Waals surface area contributed by atoms with E-state index in [0.29, 0.717) is 17.3 Å². The lowest BCUT2D eigenvalue weighted by atomic mass is 9.92. The first-order valence-corrected chi connectivity index (χ1v) is 14.1. The summed E-state index contributed by atoms with van der Waals surface area (Å²) in [5.41, 5.74) is 4.89. The zero-order chi connectivity index (χ0) is 25.4. The Morgan fingerprint density at radius 1 is 1.14 bits per heavy atom. The van der Waals surface area contributed by atoms with Crippen molar-refractivity contribution in [1.82, 2.24) is 4.57 Å². The number of benzene rings is 2. The van der Waals surface area contributed by atoms with Crippen molar-refractivity contribution in [2.45, 2.75) is 51.7 Å². The van der Waals surface area contributed by atoms with E-state index in [-0.39, 0.29) is 0 Å². The molecule has 0 bridgehead atoms. The van der Waals surface area contributed by atoms with Gasteiger partial charge in [0.25, 0.3) is 0 Å². The zero-order valence-corrected chi connectivity index (χ0v) is 21.9. The number of aromatic nitrogens is 1. The third kappa shape index (κ3) is 4.91. The van der Waals surface area contributed by atoms with E-state index >= 15 is 0 Å². The van der Waals surface area contributed by atoms with E-state index < -0.39 is 22.9 Å². The summed E-state index contributed by atoms with van der Waals surface area (Å²) in [4.78, 5) is 14.5. The first kappa shape index (κ1) is 24.5. The number of nitrogens with zero attached hydrogens (tertiary/aromatic N) is 3. The fourth-order valence-electron chi connectivity index (χ4n) is 4.95. The number of rotatable bonds is 4. The van der Waals surface area contributed by atoms with Crippen LogP contribution in [0.2, 0.25) is 0 Å². The fourth-order valence-corrected chi connectivity index (χ4v) is 6.02. The first-order chi connectivity index (χ1) is 17.2. The Morgan fingerprint density at radius 2 is 1.83 bits per heavy atom. The lowest BCUT2D eigenvalue weighted by Crippen LogP contribution is -2.40. The molecule has 2 aliphatic rings. The van der Waals surface area contributed by atoms with E-state index in [1.165, 1.54) is 6.42 Å². The molecule has 7 nitrogen and oxygen atoms in total. The number of carbonyl (C=O) groups excluding carboxylic acids is 1. The molecule has 0 spiro atoms. The van der Waals surface area contributed by atoms with Gasteiger partial charge < -0.3 is 14.2 Å². The Morgan fingerprint density at radius 3 is 2.42 bits per heavy atom. The largest absolute Gasteiger partial charge is 0.444 e. The average Bonchev–Trinajstić information content (AvgIpc) is 3.11. The van der Waals surface area contributed by atoms with Crippen LogP contribution in [0.4, 0.5) is 16.2 Å². The summed E-state index contributed by atoms with van der Waals surface area (Å²) in [7, 11) is 0. The number of carbonyl (C=O) groups is 1. The van der Waals surface area contributed by atoms with E-state index in [1.54, 1.807) is 0 Å². The van der Waals surface area contributed by atoms with E-state index in [9.17, 15) is 14.6 Å². The fraction of sp³-hybridized carbons (Fsp3) is 0.429. The van der Waals surface area contributed by atoms with Crippen LogP contribution in [-0.4, -0.2) is 45.4 Å². The summed E-state index contributed by atoms with van der Waals surface area (Å²) in [6.07, 6.45) is 2.90. The van der Waals surface area contributed by atoms with Crippen LogP contribution in [0.3, 0.4) is 0 Å². The summed E-state index contributed by atoms with van der Waals surface area (Å²) in [6.45, 7) is 7.19. The second-order valence-electron chi connectivity index (χ2n) is 10.6. The number of amides is 1. The summed E-state index contributed by atoms with van der Waals surface area (Å²) in [5.74, 6) is 1.61. The quantitative estimate of drug-likeness (QED) is 0.414. The summed E-state index contributed by atoms with van der Waals surface area (Å²) < 4.78 is 17.7. The van der Waals surface area contributed by atoms with Crippen LogP contribution in [0.5, 0.6) is 0 Å². The van der Waals surface area contributed by atoms with Crippen LogP contribution in [0.15, 0.2) is 42.5 Å². The predicted molar refractivity (Wildman–Crippen MR) is 147 cm³/mol. The summed E-state index contributed by atoms with van der Waals surface area (Å²) >= 11 is -0.477. The highest BCUT2D eigenvalue weighted by Crippen LogP contribution is 2.43. The molecule has 2 heterocycles. The number of ether oxygens (including phenoxy) is 1. The van der Waals surface area contributed by atoms with E-state index in [4.69, 9.17) is 4.74 Å². The minimum Gasteiger partial charge on any atom is -0.444 e. The van der Waals surface area contributed by atoms with Crippen molar-refractivity contribution >= 4 is 39.5 Å². The van der Waals surface area contributed by atoms with Crippen molar-refractivity contribution in [3.05, 3.63) is 48.0 Å². The lowest BCUT2D eigenvalue weighted by molar-refractivity contribution is 0.0636. The van der Waals surface area contributed by atoms with E-state index in [2.05, 4.69) is 39.1 Å². The van der Waals surface area contributed by atoms with Crippen molar-refractivity contribution < 1.29 is 14.1 Å². The molecule has 2 aromatic carbocycles. The molecule has 2 N–H and O–H groups in total.